The van der Waals surface area contributed by atoms with Crippen LogP contribution in [0.15, 0.2) is 54.7 Å². The van der Waals surface area contributed by atoms with Crippen LogP contribution in [0.5, 0.6) is 0 Å². The third-order valence-electron chi connectivity index (χ3n) is 4.16. The van der Waals surface area contributed by atoms with E-state index in [0.717, 1.165) is 22.9 Å². The predicted molar refractivity (Wildman–Crippen MR) is 85.8 cm³/mol. The summed E-state index contributed by atoms with van der Waals surface area (Å²) >= 11 is 0. The molecule has 0 saturated heterocycles. The lowest BCUT2D eigenvalue weighted by Crippen LogP contribution is -2.28. The lowest BCUT2D eigenvalue weighted by molar-refractivity contribution is 0.0990. The molecule has 0 radical (unpaired) electrons. The number of rotatable bonds is 2. The molecule has 3 heterocycles. The van der Waals surface area contributed by atoms with Gasteiger partial charge in [0.2, 0.25) is 0 Å². The Morgan fingerprint density at radius 3 is 2.82 bits per heavy atom. The molecular weight excluding hydrogens is 274 g/mol. The van der Waals surface area contributed by atoms with E-state index in [1.165, 1.54) is 0 Å². The molecule has 1 aromatic carbocycles. The maximum atomic E-state index is 12.8. The van der Waals surface area contributed by atoms with E-state index < -0.39 is 0 Å². The predicted octanol–water partition coefficient (Wildman–Crippen LogP) is 3.74. The van der Waals surface area contributed by atoms with Crippen LogP contribution >= 0.6 is 0 Å². The van der Waals surface area contributed by atoms with E-state index in [-0.39, 0.29) is 11.9 Å². The quantitative estimate of drug-likeness (QED) is 0.722. The Morgan fingerprint density at radius 1 is 1.09 bits per heavy atom. The number of anilines is 1. The molecule has 2 aromatic heterocycles. The van der Waals surface area contributed by atoms with Gasteiger partial charge in [0.05, 0.1) is 6.04 Å². The van der Waals surface area contributed by atoms with Gasteiger partial charge in [-0.2, -0.15) is 0 Å². The van der Waals surface area contributed by atoms with Crippen LogP contribution in [0.1, 0.15) is 35.3 Å². The number of pyridine rings is 2. The average Bonchev–Trinajstić information content (AvgIpc) is 2.87. The number of carbonyl (C=O) groups is 1. The van der Waals surface area contributed by atoms with E-state index >= 15 is 0 Å². The monoisotopic (exact) mass is 289 g/mol. The van der Waals surface area contributed by atoms with Crippen LogP contribution in [0.2, 0.25) is 0 Å². The fourth-order valence-corrected chi connectivity index (χ4v) is 3.14. The van der Waals surface area contributed by atoms with Crippen molar-refractivity contribution < 1.29 is 4.79 Å². The Kier molecular flexibility index (Phi) is 2.89. The molecule has 0 bridgehead atoms. The minimum atomic E-state index is 0.0187. The third kappa shape index (κ3) is 1.80. The molecule has 0 aliphatic carbocycles. The normalized spacial score (nSPS) is 17.0. The van der Waals surface area contributed by atoms with E-state index in [2.05, 4.69) is 16.9 Å². The molecule has 108 valence electrons. The molecule has 4 heteroatoms. The van der Waals surface area contributed by atoms with Gasteiger partial charge < -0.3 is 0 Å². The number of aromatic nitrogens is 2. The van der Waals surface area contributed by atoms with Crippen molar-refractivity contribution in [1.29, 1.82) is 0 Å². The van der Waals surface area contributed by atoms with Crippen LogP contribution in [-0.2, 0) is 0 Å². The standard InChI is InChI=1S/C18H15N3O/c1-2-15-13-7-3-4-8-14(13)18(22)21(15)16-10-9-12-6-5-11-19-17(12)20-16/h3-11,15H,2H2,1H3. The maximum Gasteiger partial charge on any atom is 0.260 e. The molecule has 0 spiro atoms. The van der Waals surface area contributed by atoms with Gasteiger partial charge in [-0.1, -0.05) is 25.1 Å². The first-order chi connectivity index (χ1) is 10.8. The Bertz CT molecular complexity index is 875. The summed E-state index contributed by atoms with van der Waals surface area (Å²) in [5.74, 6) is 0.685. The molecule has 4 nitrogen and oxygen atoms in total. The summed E-state index contributed by atoms with van der Waals surface area (Å²) in [7, 11) is 0. The zero-order valence-electron chi connectivity index (χ0n) is 12.2. The molecular formula is C18H15N3O. The van der Waals surface area contributed by atoms with Gasteiger partial charge in [0, 0.05) is 17.1 Å². The average molecular weight is 289 g/mol. The molecule has 1 unspecified atom stereocenters. The first-order valence-electron chi connectivity index (χ1n) is 7.44. The minimum Gasteiger partial charge on any atom is -0.285 e. The smallest absolute Gasteiger partial charge is 0.260 e. The number of amides is 1. The van der Waals surface area contributed by atoms with Gasteiger partial charge in [-0.05, 0) is 42.3 Å². The third-order valence-corrected chi connectivity index (χ3v) is 4.16. The molecule has 1 aliphatic rings. The molecule has 4 rings (SSSR count). The van der Waals surface area contributed by atoms with Crippen molar-refractivity contribution in [3.8, 4) is 0 Å². The highest BCUT2D eigenvalue weighted by Crippen LogP contribution is 2.38. The Morgan fingerprint density at radius 2 is 1.95 bits per heavy atom. The largest absolute Gasteiger partial charge is 0.285 e. The van der Waals surface area contributed by atoms with Crippen LogP contribution in [-0.4, -0.2) is 15.9 Å². The molecule has 0 fully saturated rings. The van der Waals surface area contributed by atoms with E-state index in [4.69, 9.17) is 0 Å². The van der Waals surface area contributed by atoms with Crippen molar-refractivity contribution in [3.63, 3.8) is 0 Å². The van der Waals surface area contributed by atoms with Gasteiger partial charge in [-0.15, -0.1) is 0 Å². The van der Waals surface area contributed by atoms with Crippen LogP contribution < -0.4 is 4.90 Å². The summed E-state index contributed by atoms with van der Waals surface area (Å²) in [6.45, 7) is 2.09. The van der Waals surface area contributed by atoms with Gasteiger partial charge >= 0.3 is 0 Å². The highest BCUT2D eigenvalue weighted by atomic mass is 16.2. The van der Waals surface area contributed by atoms with Crippen LogP contribution in [0.3, 0.4) is 0 Å². The number of benzene rings is 1. The molecule has 1 aliphatic heterocycles. The lowest BCUT2D eigenvalue weighted by atomic mass is 10.0. The number of nitrogens with zero attached hydrogens (tertiary/aromatic N) is 3. The first kappa shape index (κ1) is 13.0. The highest BCUT2D eigenvalue weighted by Gasteiger charge is 2.37. The number of carbonyl (C=O) groups excluding carboxylic acids is 1. The summed E-state index contributed by atoms with van der Waals surface area (Å²) in [5.41, 5.74) is 2.52. The minimum absolute atomic E-state index is 0.0187. The van der Waals surface area contributed by atoms with E-state index in [0.29, 0.717) is 11.5 Å². The fraction of sp³-hybridized carbons (Fsp3) is 0.167. The Balaban J connectivity index is 1.85. The second-order valence-electron chi connectivity index (χ2n) is 5.41. The second kappa shape index (κ2) is 4.91. The SMILES string of the molecule is CCC1c2ccccc2C(=O)N1c1ccc2cccnc2n1. The number of hydrogen-bond donors (Lipinski definition) is 0. The summed E-state index contributed by atoms with van der Waals surface area (Å²) in [6.07, 6.45) is 2.57. The number of hydrogen-bond acceptors (Lipinski definition) is 3. The zero-order chi connectivity index (χ0) is 15.1. The topological polar surface area (TPSA) is 46.1 Å². The van der Waals surface area contributed by atoms with Crippen LogP contribution in [0.4, 0.5) is 5.82 Å². The van der Waals surface area contributed by atoms with Crippen molar-refractivity contribution >= 4 is 22.8 Å². The molecule has 3 aromatic rings. The van der Waals surface area contributed by atoms with Crippen molar-refractivity contribution in [1.82, 2.24) is 9.97 Å². The number of fused-ring (bicyclic) bond motifs is 2. The molecule has 0 saturated carbocycles. The van der Waals surface area contributed by atoms with Crippen LogP contribution in [0.25, 0.3) is 11.0 Å². The summed E-state index contributed by atoms with van der Waals surface area (Å²) < 4.78 is 0. The fourth-order valence-electron chi connectivity index (χ4n) is 3.14. The molecule has 1 amide bonds. The van der Waals surface area contributed by atoms with E-state index in [1.54, 1.807) is 11.1 Å². The van der Waals surface area contributed by atoms with Gasteiger partial charge in [0.1, 0.15) is 5.82 Å². The molecule has 22 heavy (non-hydrogen) atoms. The summed E-state index contributed by atoms with van der Waals surface area (Å²) in [4.78, 5) is 23.4. The van der Waals surface area contributed by atoms with Gasteiger partial charge in [0.25, 0.3) is 5.91 Å². The van der Waals surface area contributed by atoms with Crippen molar-refractivity contribution in [2.45, 2.75) is 19.4 Å². The lowest BCUT2D eigenvalue weighted by Gasteiger charge is -2.23. The van der Waals surface area contributed by atoms with Gasteiger partial charge in [0.15, 0.2) is 5.65 Å². The van der Waals surface area contributed by atoms with Gasteiger partial charge in [-0.25, -0.2) is 9.97 Å². The van der Waals surface area contributed by atoms with E-state index in [9.17, 15) is 4.79 Å². The summed E-state index contributed by atoms with van der Waals surface area (Å²) in [5, 5.41) is 0.975. The highest BCUT2D eigenvalue weighted by molar-refractivity contribution is 6.10. The Hall–Kier alpha value is -2.75. The molecule has 1 atom stereocenters. The maximum absolute atomic E-state index is 12.8. The van der Waals surface area contributed by atoms with E-state index in [1.807, 2.05) is 48.5 Å². The van der Waals surface area contributed by atoms with Gasteiger partial charge in [-0.3, -0.25) is 9.69 Å². The van der Waals surface area contributed by atoms with Crippen molar-refractivity contribution in [2.75, 3.05) is 4.90 Å². The zero-order valence-corrected chi connectivity index (χ0v) is 12.2. The summed E-state index contributed by atoms with van der Waals surface area (Å²) in [6, 6.07) is 15.6. The first-order valence-corrected chi connectivity index (χ1v) is 7.44. The van der Waals surface area contributed by atoms with Crippen molar-refractivity contribution in [2.24, 2.45) is 0 Å². The Labute approximate surface area is 128 Å². The second-order valence-corrected chi connectivity index (χ2v) is 5.41. The molecule has 0 N–H and O–H groups in total. The van der Waals surface area contributed by atoms with Crippen molar-refractivity contribution in [3.05, 3.63) is 65.9 Å². The van der Waals surface area contributed by atoms with Crippen LogP contribution in [0, 0.1) is 0 Å².